The molecular formula is C35H44Cl2N4O5. The van der Waals surface area contributed by atoms with Crippen LogP contribution >= 0.6 is 23.2 Å². The summed E-state index contributed by atoms with van der Waals surface area (Å²) in [5.74, 6) is 0.419. The lowest BCUT2D eigenvalue weighted by molar-refractivity contribution is -0.143. The minimum absolute atomic E-state index is 0.0187. The third-order valence-electron chi connectivity index (χ3n) is 10.5. The molecule has 0 spiro atoms. The number of benzene rings is 2. The zero-order chi connectivity index (χ0) is 32.2. The number of nitrogens with zero attached hydrogens (tertiary/aromatic N) is 3. The fourth-order valence-corrected chi connectivity index (χ4v) is 8.34. The van der Waals surface area contributed by atoms with Crippen molar-refractivity contribution in [2.24, 2.45) is 17.8 Å². The summed E-state index contributed by atoms with van der Waals surface area (Å²) in [6.45, 7) is 4.74. The molecule has 0 bridgehead atoms. The molecule has 1 atom stereocenters. The van der Waals surface area contributed by atoms with Crippen LogP contribution in [0.15, 0.2) is 36.4 Å². The van der Waals surface area contributed by atoms with Gasteiger partial charge in [0, 0.05) is 64.1 Å². The summed E-state index contributed by atoms with van der Waals surface area (Å²) >= 11 is 12.5. The van der Waals surface area contributed by atoms with Gasteiger partial charge in [0.1, 0.15) is 0 Å². The number of likely N-dealkylation sites (tertiary alicyclic amines) is 2. The molecule has 0 unspecified atom stereocenters. The topological polar surface area (TPSA) is 102 Å². The Bertz CT molecular complexity index is 1390. The van der Waals surface area contributed by atoms with Crippen LogP contribution in [0.2, 0.25) is 10.0 Å². The van der Waals surface area contributed by atoms with E-state index in [1.54, 1.807) is 12.1 Å². The summed E-state index contributed by atoms with van der Waals surface area (Å²) in [5, 5.41) is 13.4. The van der Waals surface area contributed by atoms with E-state index in [9.17, 15) is 19.5 Å². The normalized spacial score (nSPS) is 21.0. The zero-order valence-corrected chi connectivity index (χ0v) is 27.8. The molecule has 4 amide bonds. The molecule has 0 aromatic heterocycles. The first kappa shape index (κ1) is 32.9. The number of amides is 4. The molecule has 0 aliphatic carbocycles. The van der Waals surface area contributed by atoms with E-state index in [2.05, 4.69) is 5.32 Å². The molecule has 2 aromatic carbocycles. The maximum Gasteiger partial charge on any atom is 0.322 e. The Morgan fingerprint density at radius 1 is 0.891 bits per heavy atom. The Hall–Kier alpha value is -3.01. The first-order valence-corrected chi connectivity index (χ1v) is 17.5. The van der Waals surface area contributed by atoms with Crippen molar-refractivity contribution < 1.29 is 24.2 Å². The predicted molar refractivity (Wildman–Crippen MR) is 178 cm³/mol. The summed E-state index contributed by atoms with van der Waals surface area (Å²) < 4.78 is 5.55. The molecule has 0 radical (unpaired) electrons. The molecule has 2 N–H and O–H groups in total. The smallest absolute Gasteiger partial charge is 0.322 e. The van der Waals surface area contributed by atoms with E-state index in [-0.39, 0.29) is 46.1 Å². The van der Waals surface area contributed by atoms with E-state index in [0.717, 1.165) is 56.6 Å². The van der Waals surface area contributed by atoms with Crippen LogP contribution in [-0.4, -0.2) is 89.6 Å². The van der Waals surface area contributed by atoms with E-state index < -0.39 is 5.92 Å². The highest BCUT2D eigenvalue weighted by Gasteiger charge is 2.36. The highest BCUT2D eigenvalue weighted by atomic mass is 35.5. The fourth-order valence-electron chi connectivity index (χ4n) is 7.81. The summed E-state index contributed by atoms with van der Waals surface area (Å²) in [6, 6.07) is 11.1. The standard InChI is InChI=1S/C35H44Cl2N4O5/c36-29-20-23(21-30(37)33(29)43)19-27(34(44)40-12-5-24(6-13-40)25-10-17-46-18-11-25)22-32(42)39-14-8-28(9-15-39)41-16-7-26-3-1-2-4-31(26)38-35(41)45/h1-4,20-21,24-25,27-28,43H,5-19,22H2,(H,38,45)/t27-/m0/s1. The van der Waals surface area contributed by atoms with Crippen LogP contribution in [0.1, 0.15) is 56.1 Å². The molecule has 3 saturated heterocycles. The number of ether oxygens (including phenoxy) is 1. The van der Waals surface area contributed by atoms with Gasteiger partial charge in [0.2, 0.25) is 11.8 Å². The number of phenolic OH excluding ortho intramolecular Hbond substituents is 1. The van der Waals surface area contributed by atoms with Crippen LogP contribution in [0.5, 0.6) is 5.75 Å². The number of halogens is 2. The predicted octanol–water partition coefficient (Wildman–Crippen LogP) is 5.99. The molecule has 248 valence electrons. The third kappa shape index (κ3) is 7.58. The van der Waals surface area contributed by atoms with Gasteiger partial charge in [-0.15, -0.1) is 0 Å². The molecule has 6 rings (SSSR count). The van der Waals surface area contributed by atoms with Crippen molar-refractivity contribution in [1.82, 2.24) is 14.7 Å². The van der Waals surface area contributed by atoms with Crippen molar-refractivity contribution in [3.8, 4) is 5.75 Å². The maximum absolute atomic E-state index is 14.0. The van der Waals surface area contributed by atoms with Crippen molar-refractivity contribution in [2.75, 3.05) is 51.3 Å². The van der Waals surface area contributed by atoms with Gasteiger partial charge in [-0.05, 0) is 92.5 Å². The minimum atomic E-state index is -0.573. The number of rotatable bonds is 7. The highest BCUT2D eigenvalue weighted by Crippen LogP contribution is 2.36. The van der Waals surface area contributed by atoms with Gasteiger partial charge in [-0.3, -0.25) is 9.59 Å². The van der Waals surface area contributed by atoms with E-state index in [1.807, 2.05) is 39.0 Å². The van der Waals surface area contributed by atoms with Gasteiger partial charge in [0.25, 0.3) is 0 Å². The number of carbonyl (C=O) groups excluding carboxylic acids is 3. The minimum Gasteiger partial charge on any atom is -0.505 e. The van der Waals surface area contributed by atoms with Crippen LogP contribution in [0, 0.1) is 17.8 Å². The first-order chi connectivity index (χ1) is 22.3. The average Bonchev–Trinajstić information content (AvgIpc) is 3.25. The van der Waals surface area contributed by atoms with Gasteiger partial charge in [-0.1, -0.05) is 41.4 Å². The van der Waals surface area contributed by atoms with E-state index >= 15 is 0 Å². The molecule has 4 aliphatic rings. The number of para-hydroxylation sites is 1. The number of anilines is 1. The first-order valence-electron chi connectivity index (χ1n) is 16.7. The van der Waals surface area contributed by atoms with Gasteiger partial charge in [-0.25, -0.2) is 4.79 Å². The van der Waals surface area contributed by atoms with Gasteiger partial charge in [-0.2, -0.15) is 0 Å². The molecule has 2 aromatic rings. The van der Waals surface area contributed by atoms with Gasteiger partial charge >= 0.3 is 6.03 Å². The number of aromatic hydroxyl groups is 1. The molecule has 4 aliphatic heterocycles. The number of urea groups is 1. The second-order valence-corrected chi connectivity index (χ2v) is 14.1. The summed E-state index contributed by atoms with van der Waals surface area (Å²) in [6.07, 6.45) is 6.67. The number of carbonyl (C=O) groups is 3. The zero-order valence-electron chi connectivity index (χ0n) is 26.3. The van der Waals surface area contributed by atoms with Crippen LogP contribution in [0.3, 0.4) is 0 Å². The van der Waals surface area contributed by atoms with Crippen LogP contribution in [0.25, 0.3) is 0 Å². The van der Waals surface area contributed by atoms with Crippen molar-refractivity contribution in [3.05, 3.63) is 57.6 Å². The quantitative estimate of drug-likeness (QED) is 0.377. The largest absolute Gasteiger partial charge is 0.505 e. The fraction of sp³-hybridized carbons (Fsp3) is 0.571. The number of piperidine rings is 2. The Labute approximate surface area is 281 Å². The lowest BCUT2D eigenvalue weighted by Crippen LogP contribution is -2.50. The number of hydrogen-bond acceptors (Lipinski definition) is 5. The number of fused-ring (bicyclic) bond motifs is 1. The van der Waals surface area contributed by atoms with Crippen molar-refractivity contribution in [3.63, 3.8) is 0 Å². The Morgan fingerprint density at radius 2 is 1.52 bits per heavy atom. The molecule has 3 fully saturated rings. The number of nitrogens with one attached hydrogen (secondary N) is 1. The second-order valence-electron chi connectivity index (χ2n) is 13.3. The highest BCUT2D eigenvalue weighted by molar-refractivity contribution is 6.37. The molecular weight excluding hydrogens is 627 g/mol. The van der Waals surface area contributed by atoms with Crippen LogP contribution in [0.4, 0.5) is 10.5 Å². The lowest BCUT2D eigenvalue weighted by Gasteiger charge is -2.39. The molecule has 46 heavy (non-hydrogen) atoms. The molecule has 0 saturated carbocycles. The summed E-state index contributed by atoms with van der Waals surface area (Å²) in [7, 11) is 0. The number of hydrogen-bond donors (Lipinski definition) is 2. The molecule has 4 heterocycles. The van der Waals surface area contributed by atoms with Crippen LogP contribution < -0.4 is 5.32 Å². The molecule has 9 nitrogen and oxygen atoms in total. The summed E-state index contributed by atoms with van der Waals surface area (Å²) in [4.78, 5) is 46.5. The second kappa shape index (κ2) is 14.8. The Morgan fingerprint density at radius 3 is 2.22 bits per heavy atom. The van der Waals surface area contributed by atoms with E-state index in [0.29, 0.717) is 69.4 Å². The van der Waals surface area contributed by atoms with Gasteiger partial charge < -0.3 is 29.9 Å². The summed E-state index contributed by atoms with van der Waals surface area (Å²) in [5.41, 5.74) is 2.70. The Balaban J connectivity index is 1.09. The number of phenols is 1. The SMILES string of the molecule is O=C(C[C@H](Cc1cc(Cl)c(O)c(Cl)c1)C(=O)N1CCC(C2CCOCC2)CC1)N1CCC(N2CCc3ccccc3NC2=O)CC1. The van der Waals surface area contributed by atoms with E-state index in [1.165, 1.54) is 0 Å². The molecule has 11 heteroatoms. The monoisotopic (exact) mass is 670 g/mol. The van der Waals surface area contributed by atoms with Gasteiger partial charge in [0.15, 0.2) is 5.75 Å². The van der Waals surface area contributed by atoms with Crippen LogP contribution in [-0.2, 0) is 27.2 Å². The van der Waals surface area contributed by atoms with Crippen molar-refractivity contribution >= 4 is 46.7 Å². The van der Waals surface area contributed by atoms with Crippen molar-refractivity contribution in [1.29, 1.82) is 0 Å². The van der Waals surface area contributed by atoms with E-state index in [4.69, 9.17) is 27.9 Å². The Kier molecular flexibility index (Phi) is 10.6. The third-order valence-corrected chi connectivity index (χ3v) is 11.1. The van der Waals surface area contributed by atoms with Crippen molar-refractivity contribution in [2.45, 2.75) is 63.8 Å². The van der Waals surface area contributed by atoms with Gasteiger partial charge in [0.05, 0.1) is 16.0 Å². The lowest BCUT2D eigenvalue weighted by atomic mass is 9.79. The maximum atomic E-state index is 14.0. The average molecular weight is 672 g/mol.